The standard InChI is InChI=1S/C48H98NO2.ClH/c1-7-10-13-16-19-22-25-28-31-34-37-40-43-48(45-49(4,5)6,44-41-38-35-32-29-26-23-20-17-14-11-8-2)46-51-47(50)42-39-36-33-30-27-24-21-18-15-12-9-3;/h7-46H2,1-6H3;1H/q+1;/p-1. The van der Waals surface area contributed by atoms with Gasteiger partial charge in [0.25, 0.3) is 0 Å². The number of rotatable bonds is 42. The Hall–Kier alpha value is -0.280. The fourth-order valence-corrected chi connectivity index (χ4v) is 8.40. The molecule has 0 aliphatic heterocycles. The zero-order valence-electron chi connectivity index (χ0n) is 36.9. The average Bonchev–Trinajstić information content (AvgIpc) is 3.10. The zero-order valence-corrected chi connectivity index (χ0v) is 37.7. The largest absolute Gasteiger partial charge is 1.00 e. The van der Waals surface area contributed by atoms with E-state index in [9.17, 15) is 4.79 Å². The third-order valence-electron chi connectivity index (χ3n) is 11.5. The Morgan fingerprint density at radius 2 is 0.654 bits per heavy atom. The van der Waals surface area contributed by atoms with Gasteiger partial charge in [-0.3, -0.25) is 4.79 Å². The number of esters is 1. The van der Waals surface area contributed by atoms with Crippen molar-refractivity contribution in [2.24, 2.45) is 5.41 Å². The van der Waals surface area contributed by atoms with Crippen molar-refractivity contribution in [3.05, 3.63) is 0 Å². The molecule has 0 aromatic rings. The zero-order chi connectivity index (χ0) is 37.6. The first-order valence-corrected chi connectivity index (χ1v) is 23.7. The van der Waals surface area contributed by atoms with Crippen LogP contribution in [0.15, 0.2) is 0 Å². The summed E-state index contributed by atoms with van der Waals surface area (Å²) in [6.07, 6.45) is 50.9. The van der Waals surface area contributed by atoms with E-state index in [0.29, 0.717) is 13.0 Å². The quantitative estimate of drug-likeness (QED) is 0.0352. The van der Waals surface area contributed by atoms with Crippen LogP contribution in [0.2, 0.25) is 0 Å². The molecular formula is C48H98ClNO2. The molecule has 52 heavy (non-hydrogen) atoms. The lowest BCUT2D eigenvalue weighted by atomic mass is 9.77. The highest BCUT2D eigenvalue weighted by molar-refractivity contribution is 5.69. The number of hydrogen-bond acceptors (Lipinski definition) is 2. The summed E-state index contributed by atoms with van der Waals surface area (Å²) in [7, 11) is 7.02. The van der Waals surface area contributed by atoms with Crippen LogP contribution in [0.3, 0.4) is 0 Å². The molecule has 0 bridgehead atoms. The summed E-state index contributed by atoms with van der Waals surface area (Å²) in [4.78, 5) is 13.0. The number of carbonyl (C=O) groups is 1. The van der Waals surface area contributed by atoms with E-state index in [1.807, 2.05) is 0 Å². The Kier molecular flexibility index (Phi) is 41.8. The first-order chi connectivity index (χ1) is 24.8. The summed E-state index contributed by atoms with van der Waals surface area (Å²) in [5.74, 6) is 0.0566. The molecule has 314 valence electrons. The maximum Gasteiger partial charge on any atom is 0.305 e. The summed E-state index contributed by atoms with van der Waals surface area (Å²) in [6, 6.07) is 0. The Bertz CT molecular complexity index is 677. The molecule has 4 heteroatoms. The molecule has 0 amide bonds. The first-order valence-electron chi connectivity index (χ1n) is 23.7. The van der Waals surface area contributed by atoms with Crippen LogP contribution in [0, 0.1) is 5.41 Å². The highest BCUT2D eigenvalue weighted by Crippen LogP contribution is 2.35. The van der Waals surface area contributed by atoms with Crippen molar-refractivity contribution in [1.82, 2.24) is 0 Å². The summed E-state index contributed by atoms with van der Waals surface area (Å²) < 4.78 is 7.16. The van der Waals surface area contributed by atoms with Crippen LogP contribution >= 0.6 is 0 Å². The van der Waals surface area contributed by atoms with Gasteiger partial charge in [0.1, 0.15) is 6.61 Å². The molecule has 0 fully saturated rings. The van der Waals surface area contributed by atoms with Gasteiger partial charge < -0.3 is 21.6 Å². The Balaban J connectivity index is 0. The van der Waals surface area contributed by atoms with E-state index in [1.54, 1.807) is 0 Å². The van der Waals surface area contributed by atoms with Gasteiger partial charge in [0, 0.05) is 6.42 Å². The van der Waals surface area contributed by atoms with Crippen molar-refractivity contribution >= 4 is 5.97 Å². The van der Waals surface area contributed by atoms with Crippen LogP contribution in [0.4, 0.5) is 0 Å². The van der Waals surface area contributed by atoms with Crippen LogP contribution in [0.25, 0.3) is 0 Å². The molecule has 0 spiro atoms. The maximum atomic E-state index is 13.0. The molecule has 0 unspecified atom stereocenters. The second-order valence-electron chi connectivity index (χ2n) is 18.2. The van der Waals surface area contributed by atoms with Gasteiger partial charge in [-0.1, -0.05) is 239 Å². The lowest BCUT2D eigenvalue weighted by Crippen LogP contribution is -3.00. The maximum absolute atomic E-state index is 13.0. The van der Waals surface area contributed by atoms with Gasteiger partial charge >= 0.3 is 5.97 Å². The average molecular weight is 757 g/mol. The first kappa shape index (κ1) is 53.8. The fourth-order valence-electron chi connectivity index (χ4n) is 8.40. The van der Waals surface area contributed by atoms with Crippen molar-refractivity contribution in [3.63, 3.8) is 0 Å². The summed E-state index contributed by atoms with van der Waals surface area (Å²) in [5, 5.41) is 0. The van der Waals surface area contributed by atoms with Gasteiger partial charge in [-0.05, 0) is 19.3 Å². The van der Waals surface area contributed by atoms with Crippen molar-refractivity contribution in [3.8, 4) is 0 Å². The lowest BCUT2D eigenvalue weighted by molar-refractivity contribution is -0.877. The SMILES string of the molecule is CCCCCCCCCCCCCCC(CCCCCCCCCCCCCC)(COC(=O)CCCCCCCCCCCCC)C[N+](C)(C)C.[Cl-]. The minimum absolute atomic E-state index is 0. The second-order valence-corrected chi connectivity index (χ2v) is 18.2. The molecule has 0 aromatic carbocycles. The highest BCUT2D eigenvalue weighted by Gasteiger charge is 2.36. The van der Waals surface area contributed by atoms with E-state index >= 15 is 0 Å². The minimum atomic E-state index is 0. The summed E-state index contributed by atoms with van der Waals surface area (Å²) >= 11 is 0. The van der Waals surface area contributed by atoms with Gasteiger partial charge in [0.05, 0.1) is 33.1 Å². The molecule has 0 heterocycles. The minimum Gasteiger partial charge on any atom is -1.00 e. The van der Waals surface area contributed by atoms with Crippen molar-refractivity contribution < 1.29 is 26.4 Å². The van der Waals surface area contributed by atoms with Gasteiger partial charge in [0.2, 0.25) is 0 Å². The van der Waals surface area contributed by atoms with E-state index in [0.717, 1.165) is 17.4 Å². The van der Waals surface area contributed by atoms with E-state index in [2.05, 4.69) is 41.9 Å². The smallest absolute Gasteiger partial charge is 0.305 e. The molecule has 0 rings (SSSR count). The van der Waals surface area contributed by atoms with Crippen LogP contribution < -0.4 is 12.4 Å². The molecule has 0 atom stereocenters. The van der Waals surface area contributed by atoms with E-state index < -0.39 is 0 Å². The monoisotopic (exact) mass is 756 g/mol. The number of halogens is 1. The normalized spacial score (nSPS) is 12.0. The predicted octanol–water partition coefficient (Wildman–Crippen LogP) is 13.1. The Labute approximate surface area is 335 Å². The van der Waals surface area contributed by atoms with E-state index in [-0.39, 0.29) is 23.8 Å². The highest BCUT2D eigenvalue weighted by atomic mass is 35.5. The van der Waals surface area contributed by atoms with Crippen LogP contribution in [0.1, 0.15) is 265 Å². The topological polar surface area (TPSA) is 26.3 Å². The number of carbonyl (C=O) groups excluding carboxylic acids is 1. The molecular weight excluding hydrogens is 658 g/mol. The molecule has 3 nitrogen and oxygen atoms in total. The molecule has 0 radical (unpaired) electrons. The van der Waals surface area contributed by atoms with Crippen molar-refractivity contribution in [2.45, 2.75) is 265 Å². The summed E-state index contributed by atoms with van der Waals surface area (Å²) in [6.45, 7) is 8.64. The molecule has 0 aromatic heterocycles. The van der Waals surface area contributed by atoms with Crippen molar-refractivity contribution in [1.29, 1.82) is 0 Å². The number of hydrogen-bond donors (Lipinski definition) is 0. The van der Waals surface area contributed by atoms with Gasteiger partial charge in [-0.2, -0.15) is 0 Å². The van der Waals surface area contributed by atoms with E-state index in [1.165, 1.54) is 231 Å². The molecule has 0 saturated heterocycles. The van der Waals surface area contributed by atoms with Crippen molar-refractivity contribution in [2.75, 3.05) is 34.3 Å². The molecule has 0 N–H and O–H groups in total. The van der Waals surface area contributed by atoms with Crippen LogP contribution in [-0.4, -0.2) is 44.7 Å². The van der Waals surface area contributed by atoms with Gasteiger partial charge in [-0.15, -0.1) is 0 Å². The number of unbranched alkanes of at least 4 members (excludes halogenated alkanes) is 32. The number of quaternary nitrogens is 1. The van der Waals surface area contributed by atoms with E-state index in [4.69, 9.17) is 4.74 Å². The van der Waals surface area contributed by atoms with Gasteiger partial charge in [-0.25, -0.2) is 0 Å². The fraction of sp³-hybridized carbons (Fsp3) is 0.979. The molecule has 0 saturated carbocycles. The third kappa shape index (κ3) is 39.4. The van der Waals surface area contributed by atoms with Gasteiger partial charge in [0.15, 0.2) is 0 Å². The van der Waals surface area contributed by atoms with Crippen LogP contribution in [0.5, 0.6) is 0 Å². The number of nitrogens with zero attached hydrogens (tertiary/aromatic N) is 1. The Morgan fingerprint density at radius 3 is 0.923 bits per heavy atom. The Morgan fingerprint density at radius 1 is 0.404 bits per heavy atom. The molecule has 0 aliphatic carbocycles. The number of ether oxygens (including phenoxy) is 1. The molecule has 0 aliphatic rings. The second kappa shape index (κ2) is 40.4. The van der Waals surface area contributed by atoms with Crippen LogP contribution in [-0.2, 0) is 9.53 Å². The predicted molar refractivity (Wildman–Crippen MR) is 229 cm³/mol. The third-order valence-corrected chi connectivity index (χ3v) is 11.5. The summed E-state index contributed by atoms with van der Waals surface area (Å²) in [5.41, 5.74) is 0.113. The lowest BCUT2D eigenvalue weighted by Gasteiger charge is -2.39.